The number of halogens is 4. The molecule has 0 aliphatic heterocycles. The van der Waals surface area contributed by atoms with E-state index in [1.807, 2.05) is 22.6 Å². The molecular formula is C11H9F3I. The van der Waals surface area contributed by atoms with Crippen molar-refractivity contribution in [3.8, 4) is 0 Å². The zero-order valence-corrected chi connectivity index (χ0v) is 10.2. The Morgan fingerprint density at radius 1 is 1.40 bits per heavy atom. The maximum absolute atomic E-state index is 12.4. The van der Waals surface area contributed by atoms with Gasteiger partial charge in [0.15, 0.2) is 0 Å². The van der Waals surface area contributed by atoms with Gasteiger partial charge in [-0.1, -0.05) is 13.0 Å². The first kappa shape index (κ1) is 12.5. The fraction of sp³-hybridized carbons (Fsp3) is 0.182. The van der Waals surface area contributed by atoms with Crippen LogP contribution in [0, 0.1) is 9.49 Å². The zero-order valence-electron chi connectivity index (χ0n) is 8.03. The maximum Gasteiger partial charge on any atom is 0.416 e. The summed E-state index contributed by atoms with van der Waals surface area (Å²) in [7, 11) is 0. The summed E-state index contributed by atoms with van der Waals surface area (Å²) in [5, 5.41) is 0. The van der Waals surface area contributed by atoms with Gasteiger partial charge in [-0.15, -0.1) is 6.58 Å². The van der Waals surface area contributed by atoms with Crippen molar-refractivity contribution in [2.75, 3.05) is 0 Å². The molecule has 0 nitrogen and oxygen atoms in total. The lowest BCUT2D eigenvalue weighted by atomic mass is 9.99. The Morgan fingerprint density at radius 2 is 2.00 bits per heavy atom. The van der Waals surface area contributed by atoms with Gasteiger partial charge in [-0.05, 0) is 46.4 Å². The first-order valence-corrected chi connectivity index (χ1v) is 5.27. The number of hydrogen-bond acceptors (Lipinski definition) is 0. The summed E-state index contributed by atoms with van der Waals surface area (Å²) in [6, 6.07) is 3.70. The van der Waals surface area contributed by atoms with Crippen LogP contribution in [0.5, 0.6) is 0 Å². The summed E-state index contributed by atoms with van der Waals surface area (Å²) in [6.45, 7) is 5.29. The van der Waals surface area contributed by atoms with E-state index in [4.69, 9.17) is 0 Å². The van der Waals surface area contributed by atoms with Crippen LogP contribution in [0.2, 0.25) is 0 Å². The van der Waals surface area contributed by atoms with E-state index >= 15 is 0 Å². The number of allylic oxidation sites excluding steroid dienone is 1. The molecule has 0 N–H and O–H groups in total. The summed E-state index contributed by atoms with van der Waals surface area (Å²) in [4.78, 5) is 0. The van der Waals surface area contributed by atoms with Crippen molar-refractivity contribution < 1.29 is 13.2 Å². The molecule has 0 aromatic heterocycles. The van der Waals surface area contributed by atoms with E-state index in [0.29, 0.717) is 5.56 Å². The smallest absolute Gasteiger partial charge is 0.166 e. The molecule has 1 aromatic rings. The second-order valence-corrected chi connectivity index (χ2v) is 4.24. The molecule has 0 unspecified atom stereocenters. The quantitative estimate of drug-likeness (QED) is 0.705. The van der Waals surface area contributed by atoms with Gasteiger partial charge < -0.3 is 0 Å². The van der Waals surface area contributed by atoms with Gasteiger partial charge in [-0.25, -0.2) is 0 Å². The maximum atomic E-state index is 12.4. The average molecular weight is 325 g/mol. The van der Waals surface area contributed by atoms with Crippen LogP contribution in [-0.2, 0) is 6.18 Å². The number of rotatable bonds is 2. The fourth-order valence-electron chi connectivity index (χ4n) is 1.11. The third kappa shape index (κ3) is 2.96. The van der Waals surface area contributed by atoms with Gasteiger partial charge in [-0.3, -0.25) is 0 Å². The molecule has 0 aliphatic rings. The van der Waals surface area contributed by atoms with Crippen LogP contribution in [0.3, 0.4) is 0 Å². The lowest BCUT2D eigenvalue weighted by Crippen LogP contribution is -2.07. The van der Waals surface area contributed by atoms with Gasteiger partial charge in [0.25, 0.3) is 0 Å². The summed E-state index contributed by atoms with van der Waals surface area (Å²) >= 11 is 2.01. The molecule has 0 fully saturated rings. The Morgan fingerprint density at radius 3 is 2.47 bits per heavy atom. The van der Waals surface area contributed by atoms with Crippen molar-refractivity contribution >= 4 is 22.6 Å². The van der Waals surface area contributed by atoms with Crippen LogP contribution in [0.1, 0.15) is 18.1 Å². The van der Waals surface area contributed by atoms with E-state index in [2.05, 4.69) is 6.58 Å². The first-order valence-electron chi connectivity index (χ1n) is 4.19. The highest BCUT2D eigenvalue weighted by molar-refractivity contribution is 14.1. The molecule has 1 radical (unpaired) electrons. The van der Waals surface area contributed by atoms with E-state index in [1.54, 1.807) is 13.0 Å². The van der Waals surface area contributed by atoms with Gasteiger partial charge >= 0.3 is 6.18 Å². The van der Waals surface area contributed by atoms with Crippen molar-refractivity contribution in [1.82, 2.24) is 0 Å². The molecule has 0 saturated carbocycles. The van der Waals surface area contributed by atoms with Crippen molar-refractivity contribution in [2.24, 2.45) is 0 Å². The molecule has 0 bridgehead atoms. The second kappa shape index (κ2) is 4.55. The number of alkyl halides is 3. The van der Waals surface area contributed by atoms with Crippen LogP contribution in [0.4, 0.5) is 13.2 Å². The Kier molecular flexibility index (Phi) is 3.81. The molecule has 1 aromatic carbocycles. The predicted octanol–water partition coefficient (Wildman–Crippen LogP) is 4.44. The van der Waals surface area contributed by atoms with E-state index < -0.39 is 11.7 Å². The van der Waals surface area contributed by atoms with E-state index in [1.165, 1.54) is 6.07 Å². The van der Waals surface area contributed by atoms with Gasteiger partial charge in [0.05, 0.1) is 5.56 Å². The first-order chi connectivity index (χ1) is 6.86. The third-order valence-corrected chi connectivity index (χ3v) is 2.97. The summed E-state index contributed by atoms with van der Waals surface area (Å²) < 4.78 is 38.1. The van der Waals surface area contributed by atoms with Crippen molar-refractivity contribution in [3.63, 3.8) is 0 Å². The Hall–Kier alpha value is -0.520. The highest BCUT2D eigenvalue weighted by Crippen LogP contribution is 2.33. The predicted molar refractivity (Wildman–Crippen MR) is 62.4 cm³/mol. The number of hydrogen-bond donors (Lipinski definition) is 0. The molecule has 1 rings (SSSR count). The topological polar surface area (TPSA) is 0 Å². The Bertz CT molecular complexity index is 369. The van der Waals surface area contributed by atoms with E-state index in [-0.39, 0.29) is 0 Å². The molecule has 0 heterocycles. The van der Waals surface area contributed by atoms with Gasteiger partial charge in [0, 0.05) is 9.49 Å². The van der Waals surface area contributed by atoms with Gasteiger partial charge in [-0.2, -0.15) is 13.2 Å². The monoisotopic (exact) mass is 325 g/mol. The van der Waals surface area contributed by atoms with Crippen LogP contribution < -0.4 is 0 Å². The molecule has 0 aliphatic carbocycles. The van der Waals surface area contributed by atoms with Crippen molar-refractivity contribution in [1.29, 1.82) is 0 Å². The minimum Gasteiger partial charge on any atom is -0.166 e. The third-order valence-electron chi connectivity index (χ3n) is 2.02. The van der Waals surface area contributed by atoms with Crippen molar-refractivity contribution in [3.05, 3.63) is 51.5 Å². The molecular weight excluding hydrogens is 316 g/mol. The average Bonchev–Trinajstić information content (AvgIpc) is 2.15. The van der Waals surface area contributed by atoms with Gasteiger partial charge in [0.1, 0.15) is 0 Å². The van der Waals surface area contributed by atoms with Crippen LogP contribution in [0.15, 0.2) is 30.9 Å². The lowest BCUT2D eigenvalue weighted by Gasteiger charge is -2.12. The van der Waals surface area contributed by atoms with Crippen molar-refractivity contribution in [2.45, 2.75) is 13.1 Å². The van der Waals surface area contributed by atoms with Crippen LogP contribution in [0.25, 0.3) is 0 Å². The lowest BCUT2D eigenvalue weighted by molar-refractivity contribution is -0.137. The van der Waals surface area contributed by atoms with Crippen LogP contribution >= 0.6 is 22.6 Å². The fourth-order valence-corrected chi connectivity index (χ4v) is 1.87. The largest absolute Gasteiger partial charge is 0.416 e. The molecule has 0 saturated heterocycles. The van der Waals surface area contributed by atoms with Gasteiger partial charge in [0.2, 0.25) is 0 Å². The molecule has 0 spiro atoms. The highest BCUT2D eigenvalue weighted by Gasteiger charge is 2.31. The summed E-state index contributed by atoms with van der Waals surface area (Å²) in [5.41, 5.74) is -0.0421. The minimum atomic E-state index is -4.29. The molecule has 0 atom stereocenters. The highest BCUT2D eigenvalue weighted by atomic mass is 127. The standard InChI is InChI=1S/C11H9F3I/c1-3-7(2)9-6-8(11(12,13)14)4-5-10(9)15/h3-6H,1H2,2H3. The summed E-state index contributed by atoms with van der Waals surface area (Å²) in [5.74, 6) is 0.741. The van der Waals surface area contributed by atoms with Crippen LogP contribution in [-0.4, -0.2) is 0 Å². The molecule has 81 valence electrons. The molecule has 4 heteroatoms. The normalized spacial score (nSPS) is 11.9. The second-order valence-electron chi connectivity index (χ2n) is 3.08. The SMILES string of the molecule is C=C[C](C)c1cc(C(F)(F)F)ccc1I. The zero-order chi connectivity index (χ0) is 11.6. The molecule has 15 heavy (non-hydrogen) atoms. The summed E-state index contributed by atoms with van der Waals surface area (Å²) in [6.07, 6.45) is -2.74. The minimum absolute atomic E-state index is 0.584. The number of benzene rings is 1. The van der Waals surface area contributed by atoms with E-state index in [0.717, 1.165) is 21.6 Å². The Balaban J connectivity index is 3.22. The molecule has 0 amide bonds. The Labute approximate surface area is 100 Å². The van der Waals surface area contributed by atoms with E-state index in [9.17, 15) is 13.2 Å².